The van der Waals surface area contributed by atoms with Crippen LogP contribution in [0.3, 0.4) is 0 Å². The van der Waals surface area contributed by atoms with Crippen LogP contribution in [0.2, 0.25) is 0 Å². The molecular weight excluding hydrogens is 224 g/mol. The minimum absolute atomic E-state index is 0.0231. The van der Waals surface area contributed by atoms with Gasteiger partial charge in [0.15, 0.2) is 5.78 Å². The summed E-state index contributed by atoms with van der Waals surface area (Å²) in [4.78, 5) is 12.4. The number of hydrogen-bond acceptors (Lipinski definition) is 4. The van der Waals surface area contributed by atoms with Crippen molar-refractivity contribution in [2.24, 2.45) is 0 Å². The van der Waals surface area contributed by atoms with Gasteiger partial charge in [0.05, 0.1) is 19.3 Å². The molecule has 1 unspecified atom stereocenters. The Hall–Kier alpha value is -1.00. The van der Waals surface area contributed by atoms with Crippen molar-refractivity contribution in [3.63, 3.8) is 0 Å². The van der Waals surface area contributed by atoms with Crippen LogP contribution >= 0.6 is 11.8 Å². The summed E-state index contributed by atoms with van der Waals surface area (Å²) in [6, 6.07) is 5.48. The molecule has 1 aromatic carbocycles. The highest BCUT2D eigenvalue weighted by Crippen LogP contribution is 2.32. The zero-order chi connectivity index (χ0) is 12.1. The van der Waals surface area contributed by atoms with E-state index in [1.807, 2.05) is 19.1 Å². The maximum atomic E-state index is 11.6. The van der Waals surface area contributed by atoms with Crippen molar-refractivity contribution in [2.45, 2.75) is 24.0 Å². The van der Waals surface area contributed by atoms with Gasteiger partial charge in [0.2, 0.25) is 0 Å². The lowest BCUT2D eigenvalue weighted by Gasteiger charge is -2.13. The zero-order valence-corrected chi connectivity index (χ0v) is 10.5. The van der Waals surface area contributed by atoms with Gasteiger partial charge in [-0.3, -0.25) is 4.79 Å². The predicted molar refractivity (Wildman–Crippen MR) is 65.4 cm³/mol. The molecular formula is C12H16O3S. The Morgan fingerprint density at radius 1 is 1.56 bits per heavy atom. The quantitative estimate of drug-likeness (QED) is 0.634. The Bertz CT molecular complexity index is 377. The number of thioether (sulfide) groups is 1. The Morgan fingerprint density at radius 2 is 2.25 bits per heavy atom. The third-order valence-corrected chi connectivity index (χ3v) is 3.29. The first-order valence-electron chi connectivity index (χ1n) is 5.05. The summed E-state index contributed by atoms with van der Waals surface area (Å²) in [5, 5.41) is 9.08. The minimum atomic E-state index is -0.0231. The molecule has 1 N–H and O–H groups in total. The molecule has 88 valence electrons. The number of Topliss-reactive ketones (excluding diaryl/α,β-unsaturated/α-hetero) is 1. The number of ketones is 1. The molecule has 0 fully saturated rings. The van der Waals surface area contributed by atoms with Gasteiger partial charge in [-0.05, 0) is 19.1 Å². The second-order valence-corrected chi connectivity index (χ2v) is 4.98. The summed E-state index contributed by atoms with van der Waals surface area (Å²) in [6.07, 6.45) is 0. The number of aliphatic hydroxyl groups is 1. The first-order chi connectivity index (χ1) is 7.60. The summed E-state index contributed by atoms with van der Waals surface area (Å²) in [6.45, 7) is 3.51. The standard InChI is InChI=1S/C12H16O3S/c1-8(7-13)16-11-6-4-5-10(15-3)12(11)9(2)14/h4-6,8,13H,7H2,1-3H3. The predicted octanol–water partition coefficient (Wildman–Crippen LogP) is 2.37. The van der Waals surface area contributed by atoms with Crippen LogP contribution in [-0.2, 0) is 0 Å². The van der Waals surface area contributed by atoms with Crippen LogP contribution in [-0.4, -0.2) is 29.9 Å². The monoisotopic (exact) mass is 240 g/mol. The average Bonchev–Trinajstić information content (AvgIpc) is 2.28. The summed E-state index contributed by atoms with van der Waals surface area (Å²) >= 11 is 1.48. The van der Waals surface area contributed by atoms with Crippen LogP contribution < -0.4 is 4.74 Å². The second kappa shape index (κ2) is 5.92. The van der Waals surface area contributed by atoms with Crippen molar-refractivity contribution in [1.82, 2.24) is 0 Å². The van der Waals surface area contributed by atoms with E-state index >= 15 is 0 Å². The number of benzene rings is 1. The Kier molecular flexibility index (Phi) is 4.83. The SMILES string of the molecule is COc1cccc(SC(C)CO)c1C(C)=O. The van der Waals surface area contributed by atoms with Gasteiger partial charge in [-0.15, -0.1) is 11.8 Å². The van der Waals surface area contributed by atoms with Crippen LogP contribution in [0.15, 0.2) is 23.1 Å². The number of aliphatic hydroxyl groups excluding tert-OH is 1. The highest BCUT2D eigenvalue weighted by molar-refractivity contribution is 8.00. The molecule has 0 bridgehead atoms. The van der Waals surface area contributed by atoms with Gasteiger partial charge in [-0.25, -0.2) is 0 Å². The van der Waals surface area contributed by atoms with Gasteiger partial charge >= 0.3 is 0 Å². The van der Waals surface area contributed by atoms with Crippen LogP contribution in [0.4, 0.5) is 0 Å². The molecule has 0 amide bonds. The summed E-state index contributed by atoms with van der Waals surface area (Å²) in [5.41, 5.74) is 0.593. The number of carbonyl (C=O) groups is 1. The highest BCUT2D eigenvalue weighted by Gasteiger charge is 2.15. The van der Waals surface area contributed by atoms with E-state index in [0.717, 1.165) is 4.90 Å². The van der Waals surface area contributed by atoms with Gasteiger partial charge in [0.25, 0.3) is 0 Å². The molecule has 1 rings (SSSR count). The Morgan fingerprint density at radius 3 is 2.75 bits per heavy atom. The second-order valence-electron chi connectivity index (χ2n) is 3.50. The molecule has 4 heteroatoms. The summed E-state index contributed by atoms with van der Waals surface area (Å²) in [7, 11) is 1.55. The van der Waals surface area contributed by atoms with E-state index in [1.54, 1.807) is 13.2 Å². The molecule has 0 saturated heterocycles. The van der Waals surface area contributed by atoms with Gasteiger partial charge < -0.3 is 9.84 Å². The fourth-order valence-electron chi connectivity index (χ4n) is 1.38. The lowest BCUT2D eigenvalue weighted by atomic mass is 10.1. The largest absolute Gasteiger partial charge is 0.496 e. The summed E-state index contributed by atoms with van der Waals surface area (Å²) in [5.74, 6) is 0.563. The lowest BCUT2D eigenvalue weighted by Crippen LogP contribution is -2.05. The van der Waals surface area contributed by atoms with Gasteiger partial charge in [-0.2, -0.15) is 0 Å². The van der Waals surface area contributed by atoms with E-state index < -0.39 is 0 Å². The van der Waals surface area contributed by atoms with Gasteiger partial charge in [0.1, 0.15) is 5.75 Å². The third-order valence-electron chi connectivity index (χ3n) is 2.15. The fourth-order valence-corrected chi connectivity index (χ4v) is 2.41. The minimum Gasteiger partial charge on any atom is -0.496 e. The number of methoxy groups -OCH3 is 1. The van der Waals surface area contributed by atoms with Crippen LogP contribution in [0.25, 0.3) is 0 Å². The first-order valence-corrected chi connectivity index (χ1v) is 5.93. The molecule has 0 aliphatic heterocycles. The van der Waals surface area contributed by atoms with Gasteiger partial charge in [0, 0.05) is 10.1 Å². The fraction of sp³-hybridized carbons (Fsp3) is 0.417. The van der Waals surface area contributed by atoms with Crippen molar-refractivity contribution >= 4 is 17.5 Å². The van der Waals surface area contributed by atoms with Crippen molar-refractivity contribution in [3.8, 4) is 5.75 Å². The molecule has 0 heterocycles. The van der Waals surface area contributed by atoms with E-state index in [9.17, 15) is 4.79 Å². The van der Waals surface area contributed by atoms with E-state index in [0.29, 0.717) is 11.3 Å². The first kappa shape index (κ1) is 13.1. The molecule has 3 nitrogen and oxygen atoms in total. The van der Waals surface area contributed by atoms with Gasteiger partial charge in [-0.1, -0.05) is 13.0 Å². The van der Waals surface area contributed by atoms with Crippen molar-refractivity contribution in [2.75, 3.05) is 13.7 Å². The molecule has 0 saturated carbocycles. The molecule has 0 spiro atoms. The highest BCUT2D eigenvalue weighted by atomic mass is 32.2. The molecule has 0 aliphatic rings. The summed E-state index contributed by atoms with van der Waals surface area (Å²) < 4.78 is 5.17. The van der Waals surface area contributed by atoms with E-state index in [2.05, 4.69) is 0 Å². The Labute approximate surface area is 99.8 Å². The lowest BCUT2D eigenvalue weighted by molar-refractivity contribution is 0.101. The maximum absolute atomic E-state index is 11.6. The van der Waals surface area contributed by atoms with E-state index in [4.69, 9.17) is 9.84 Å². The molecule has 0 radical (unpaired) electrons. The normalized spacial score (nSPS) is 12.2. The number of ether oxygens (including phenoxy) is 1. The van der Waals surface area contributed by atoms with Crippen molar-refractivity contribution in [1.29, 1.82) is 0 Å². The van der Waals surface area contributed by atoms with Crippen LogP contribution in [0, 0.1) is 0 Å². The molecule has 0 aromatic heterocycles. The molecule has 0 aliphatic carbocycles. The van der Waals surface area contributed by atoms with E-state index in [-0.39, 0.29) is 17.6 Å². The van der Waals surface area contributed by atoms with Crippen molar-refractivity contribution in [3.05, 3.63) is 23.8 Å². The number of rotatable bonds is 5. The zero-order valence-electron chi connectivity index (χ0n) is 9.69. The van der Waals surface area contributed by atoms with Crippen LogP contribution in [0.5, 0.6) is 5.75 Å². The smallest absolute Gasteiger partial charge is 0.164 e. The molecule has 1 aromatic rings. The average molecular weight is 240 g/mol. The molecule has 16 heavy (non-hydrogen) atoms. The topological polar surface area (TPSA) is 46.5 Å². The third kappa shape index (κ3) is 3.00. The number of carbonyl (C=O) groups excluding carboxylic acids is 1. The molecule has 1 atom stereocenters. The van der Waals surface area contributed by atoms with Crippen LogP contribution in [0.1, 0.15) is 24.2 Å². The van der Waals surface area contributed by atoms with E-state index in [1.165, 1.54) is 18.7 Å². The Balaban J connectivity index is 3.12. The van der Waals surface area contributed by atoms with Crippen molar-refractivity contribution < 1.29 is 14.6 Å². The number of hydrogen-bond donors (Lipinski definition) is 1. The maximum Gasteiger partial charge on any atom is 0.164 e.